The number of benzene rings is 3. The molecule has 3 aromatic rings. The van der Waals surface area contributed by atoms with Crippen LogP contribution in [-0.2, 0) is 11.2 Å². The van der Waals surface area contributed by atoms with Crippen LogP contribution in [0.3, 0.4) is 0 Å². The molecule has 0 aromatic heterocycles. The van der Waals surface area contributed by atoms with E-state index in [-0.39, 0.29) is 0 Å². The van der Waals surface area contributed by atoms with Gasteiger partial charge < -0.3 is 10.1 Å². The summed E-state index contributed by atoms with van der Waals surface area (Å²) in [6.07, 6.45) is 1.94. The second-order valence-corrected chi connectivity index (χ2v) is 7.01. The van der Waals surface area contributed by atoms with Crippen LogP contribution >= 0.6 is 0 Å². The van der Waals surface area contributed by atoms with Gasteiger partial charge in [-0.3, -0.25) is 14.9 Å². The number of anilines is 1. The molecule has 0 fully saturated rings. The molecule has 0 unspecified atom stereocenters. The Morgan fingerprint density at radius 1 is 0.935 bits per heavy atom. The summed E-state index contributed by atoms with van der Waals surface area (Å²) in [5.74, 6) is -0.126. The summed E-state index contributed by atoms with van der Waals surface area (Å²) < 4.78 is 5.20. The molecule has 2 N–H and O–H groups in total. The normalized spacial score (nSPS) is 13.9. The van der Waals surface area contributed by atoms with E-state index in [1.165, 1.54) is 0 Å². The SMILES string of the molecule is COc1ccc(-c2ccc3c(c2)C(=CNc2ccc(CC#N)cc2)C(=O)NC3=O)cc1. The van der Waals surface area contributed by atoms with Crippen molar-refractivity contribution in [2.24, 2.45) is 0 Å². The third-order valence-corrected chi connectivity index (χ3v) is 5.07. The molecule has 0 saturated carbocycles. The van der Waals surface area contributed by atoms with Gasteiger partial charge in [-0.15, -0.1) is 0 Å². The van der Waals surface area contributed by atoms with Crippen molar-refractivity contribution < 1.29 is 14.3 Å². The molecule has 1 heterocycles. The van der Waals surface area contributed by atoms with Crippen LogP contribution in [0.4, 0.5) is 5.69 Å². The highest BCUT2D eigenvalue weighted by molar-refractivity contribution is 6.31. The Kier molecular flexibility index (Phi) is 5.50. The molecule has 6 heteroatoms. The number of nitrogens with zero attached hydrogens (tertiary/aromatic N) is 1. The number of rotatable bonds is 5. The van der Waals surface area contributed by atoms with Gasteiger partial charge in [0.15, 0.2) is 0 Å². The number of hydrogen-bond acceptors (Lipinski definition) is 5. The van der Waals surface area contributed by atoms with Crippen LogP contribution in [0, 0.1) is 11.3 Å². The van der Waals surface area contributed by atoms with Gasteiger partial charge in [-0.05, 0) is 53.1 Å². The van der Waals surface area contributed by atoms with Crippen molar-refractivity contribution in [3.8, 4) is 22.9 Å². The molecule has 0 radical (unpaired) electrons. The number of nitrogens with one attached hydrogen (secondary N) is 2. The predicted molar refractivity (Wildman–Crippen MR) is 118 cm³/mol. The highest BCUT2D eigenvalue weighted by atomic mass is 16.5. The number of ether oxygens (including phenoxy) is 1. The van der Waals surface area contributed by atoms with E-state index in [0.29, 0.717) is 23.1 Å². The molecule has 3 aromatic carbocycles. The Morgan fingerprint density at radius 2 is 1.65 bits per heavy atom. The minimum Gasteiger partial charge on any atom is -0.497 e. The van der Waals surface area contributed by atoms with Crippen LogP contribution in [0.5, 0.6) is 5.75 Å². The van der Waals surface area contributed by atoms with E-state index in [1.807, 2.05) is 60.7 Å². The largest absolute Gasteiger partial charge is 0.497 e. The molecule has 4 rings (SSSR count). The molecule has 1 aliphatic rings. The van der Waals surface area contributed by atoms with Gasteiger partial charge in [-0.25, -0.2) is 0 Å². The van der Waals surface area contributed by atoms with Gasteiger partial charge in [-0.1, -0.05) is 30.3 Å². The highest BCUT2D eigenvalue weighted by Gasteiger charge is 2.27. The van der Waals surface area contributed by atoms with Gasteiger partial charge in [0.25, 0.3) is 11.8 Å². The number of nitriles is 1. The Bertz CT molecular complexity index is 1220. The lowest BCUT2D eigenvalue weighted by Gasteiger charge is -2.19. The molecule has 0 aliphatic carbocycles. The van der Waals surface area contributed by atoms with E-state index >= 15 is 0 Å². The zero-order chi connectivity index (χ0) is 21.8. The average Bonchev–Trinajstić information content (AvgIpc) is 2.80. The molecule has 0 bridgehead atoms. The summed E-state index contributed by atoms with van der Waals surface area (Å²) in [4.78, 5) is 24.9. The Balaban J connectivity index is 1.68. The van der Waals surface area contributed by atoms with Gasteiger partial charge in [0.2, 0.25) is 0 Å². The summed E-state index contributed by atoms with van der Waals surface area (Å²) in [6.45, 7) is 0. The molecular formula is C25H19N3O3. The summed E-state index contributed by atoms with van der Waals surface area (Å²) in [7, 11) is 1.61. The van der Waals surface area contributed by atoms with E-state index in [0.717, 1.165) is 28.1 Å². The highest BCUT2D eigenvalue weighted by Crippen LogP contribution is 2.30. The maximum absolute atomic E-state index is 12.6. The van der Waals surface area contributed by atoms with E-state index in [4.69, 9.17) is 10.00 Å². The number of imide groups is 1. The van der Waals surface area contributed by atoms with Crippen molar-refractivity contribution in [1.82, 2.24) is 5.32 Å². The van der Waals surface area contributed by atoms with Crippen LogP contribution in [0.2, 0.25) is 0 Å². The Labute approximate surface area is 179 Å². The fraction of sp³-hybridized carbons (Fsp3) is 0.0800. The first-order valence-electron chi connectivity index (χ1n) is 9.66. The fourth-order valence-corrected chi connectivity index (χ4v) is 3.40. The minimum atomic E-state index is -0.460. The molecule has 31 heavy (non-hydrogen) atoms. The zero-order valence-electron chi connectivity index (χ0n) is 16.8. The third-order valence-electron chi connectivity index (χ3n) is 5.07. The van der Waals surface area contributed by atoms with E-state index in [2.05, 4.69) is 16.7 Å². The quantitative estimate of drug-likeness (QED) is 0.488. The Morgan fingerprint density at radius 3 is 2.32 bits per heavy atom. The lowest BCUT2D eigenvalue weighted by Crippen LogP contribution is -2.36. The van der Waals surface area contributed by atoms with E-state index in [1.54, 1.807) is 19.4 Å². The lowest BCUT2D eigenvalue weighted by atomic mass is 9.91. The smallest absolute Gasteiger partial charge is 0.260 e. The van der Waals surface area contributed by atoms with Crippen molar-refractivity contribution in [2.45, 2.75) is 6.42 Å². The first-order chi connectivity index (χ1) is 15.1. The van der Waals surface area contributed by atoms with E-state index in [9.17, 15) is 9.59 Å². The molecule has 1 aliphatic heterocycles. The monoisotopic (exact) mass is 409 g/mol. The predicted octanol–water partition coefficient (Wildman–Crippen LogP) is 4.15. The van der Waals surface area contributed by atoms with Crippen LogP contribution < -0.4 is 15.4 Å². The van der Waals surface area contributed by atoms with Crippen LogP contribution in [0.15, 0.2) is 72.9 Å². The second kappa shape index (κ2) is 8.56. The zero-order valence-corrected chi connectivity index (χ0v) is 16.8. The molecule has 0 atom stereocenters. The molecule has 0 saturated heterocycles. The molecule has 152 valence electrons. The third kappa shape index (κ3) is 4.16. The second-order valence-electron chi connectivity index (χ2n) is 7.01. The fourth-order valence-electron chi connectivity index (χ4n) is 3.40. The van der Waals surface area contributed by atoms with Crippen molar-refractivity contribution in [1.29, 1.82) is 5.26 Å². The Hall–Kier alpha value is -4.37. The van der Waals surface area contributed by atoms with Gasteiger partial charge in [0.1, 0.15) is 5.75 Å². The molecule has 6 nitrogen and oxygen atoms in total. The van der Waals surface area contributed by atoms with Crippen molar-refractivity contribution in [2.75, 3.05) is 12.4 Å². The summed E-state index contributed by atoms with van der Waals surface area (Å²) in [5, 5.41) is 14.3. The first-order valence-corrected chi connectivity index (χ1v) is 9.66. The molecular weight excluding hydrogens is 390 g/mol. The van der Waals surface area contributed by atoms with Crippen molar-refractivity contribution >= 4 is 23.1 Å². The van der Waals surface area contributed by atoms with Crippen LogP contribution in [-0.4, -0.2) is 18.9 Å². The number of fused-ring (bicyclic) bond motifs is 1. The van der Waals surface area contributed by atoms with Gasteiger partial charge >= 0.3 is 0 Å². The first kappa shape index (κ1) is 19.9. The standard InChI is InChI=1S/C25H19N3O3/c1-31-20-9-4-17(5-10-20)18-6-11-21-22(14-18)23(25(30)28-24(21)29)15-27-19-7-2-16(3-8-19)12-13-26/h2-11,14-15,27H,12H2,1H3,(H,28,29,30). The van der Waals surface area contributed by atoms with Gasteiger partial charge in [0, 0.05) is 23.0 Å². The maximum Gasteiger partial charge on any atom is 0.260 e. The lowest BCUT2D eigenvalue weighted by molar-refractivity contribution is -0.114. The summed E-state index contributed by atoms with van der Waals surface area (Å²) in [6, 6.07) is 22.5. The number of carbonyl (C=O) groups is 2. The van der Waals surface area contributed by atoms with E-state index < -0.39 is 11.8 Å². The van der Waals surface area contributed by atoms with Crippen LogP contribution in [0.25, 0.3) is 16.7 Å². The maximum atomic E-state index is 12.6. The van der Waals surface area contributed by atoms with Crippen LogP contribution in [0.1, 0.15) is 21.5 Å². The minimum absolute atomic E-state index is 0.341. The number of amides is 2. The van der Waals surface area contributed by atoms with Crippen molar-refractivity contribution in [3.63, 3.8) is 0 Å². The van der Waals surface area contributed by atoms with Gasteiger partial charge in [-0.2, -0.15) is 5.26 Å². The van der Waals surface area contributed by atoms with Gasteiger partial charge in [0.05, 0.1) is 25.2 Å². The molecule has 0 spiro atoms. The van der Waals surface area contributed by atoms with Crippen molar-refractivity contribution in [3.05, 3.63) is 89.6 Å². The topological polar surface area (TPSA) is 91.2 Å². The number of hydrogen-bond donors (Lipinski definition) is 2. The molecule has 2 amide bonds. The number of carbonyl (C=O) groups excluding carboxylic acids is 2. The number of methoxy groups -OCH3 is 1. The summed E-state index contributed by atoms with van der Waals surface area (Å²) in [5.41, 5.74) is 4.89. The summed E-state index contributed by atoms with van der Waals surface area (Å²) >= 11 is 0. The average molecular weight is 409 g/mol.